The summed E-state index contributed by atoms with van der Waals surface area (Å²) in [6.07, 6.45) is 0. The van der Waals surface area contributed by atoms with Crippen LogP contribution in [0.15, 0.2) is 29.6 Å². The first kappa shape index (κ1) is 14.3. The van der Waals surface area contributed by atoms with Crippen molar-refractivity contribution in [3.63, 3.8) is 0 Å². The highest BCUT2D eigenvalue weighted by molar-refractivity contribution is 7.14. The maximum Gasteiger partial charge on any atom is 0.338 e. The number of anilines is 2. The van der Waals surface area contributed by atoms with E-state index in [9.17, 15) is 14.0 Å². The topological polar surface area (TPSA) is 78.4 Å². The zero-order chi connectivity index (χ0) is 14.7. The van der Waals surface area contributed by atoms with Gasteiger partial charge in [-0.1, -0.05) is 17.7 Å². The number of urea groups is 1. The molecule has 0 fully saturated rings. The number of nitrogens with one attached hydrogen (secondary N) is 2. The molecule has 2 aromatic rings. The summed E-state index contributed by atoms with van der Waals surface area (Å²) in [4.78, 5) is 22.6. The van der Waals surface area contributed by atoms with Crippen molar-refractivity contribution in [3.8, 4) is 0 Å². The van der Waals surface area contributed by atoms with Crippen molar-refractivity contribution in [2.24, 2.45) is 0 Å². The number of hydrogen-bond acceptors (Lipinski definition) is 3. The van der Waals surface area contributed by atoms with E-state index < -0.39 is 17.8 Å². The molecule has 2 amide bonds. The number of hydrogen-bond donors (Lipinski definition) is 3. The molecule has 0 aliphatic heterocycles. The molecule has 20 heavy (non-hydrogen) atoms. The van der Waals surface area contributed by atoms with E-state index in [-0.39, 0.29) is 21.3 Å². The molecule has 5 nitrogen and oxygen atoms in total. The third kappa shape index (κ3) is 3.06. The van der Waals surface area contributed by atoms with Gasteiger partial charge in [0.15, 0.2) is 0 Å². The molecular weight excluding hydrogens is 307 g/mol. The van der Waals surface area contributed by atoms with Gasteiger partial charge in [-0.15, -0.1) is 11.3 Å². The molecule has 1 aromatic heterocycles. The van der Waals surface area contributed by atoms with Gasteiger partial charge in [0, 0.05) is 0 Å². The highest BCUT2D eigenvalue weighted by Crippen LogP contribution is 2.26. The predicted octanol–water partition coefficient (Wildman–Crippen LogP) is 3.88. The van der Waals surface area contributed by atoms with E-state index in [0.717, 1.165) is 17.4 Å². The summed E-state index contributed by atoms with van der Waals surface area (Å²) < 4.78 is 13.5. The number of carboxylic acid groups (broad SMARTS) is 1. The SMILES string of the molecule is O=C(Nc1sccc1C(=O)O)Nc1c(F)cccc1Cl. The van der Waals surface area contributed by atoms with Gasteiger partial charge in [-0.05, 0) is 23.6 Å². The van der Waals surface area contributed by atoms with Crippen molar-refractivity contribution in [3.05, 3.63) is 46.0 Å². The monoisotopic (exact) mass is 314 g/mol. The molecule has 0 radical (unpaired) electrons. The molecule has 3 N–H and O–H groups in total. The van der Waals surface area contributed by atoms with Crippen LogP contribution in [0, 0.1) is 5.82 Å². The second-order valence-electron chi connectivity index (χ2n) is 3.64. The smallest absolute Gasteiger partial charge is 0.338 e. The number of rotatable bonds is 3. The summed E-state index contributed by atoms with van der Waals surface area (Å²) in [5, 5.41) is 15.2. The quantitative estimate of drug-likeness (QED) is 0.804. The Labute approximate surface area is 122 Å². The van der Waals surface area contributed by atoms with Gasteiger partial charge < -0.3 is 10.4 Å². The summed E-state index contributed by atoms with van der Waals surface area (Å²) >= 11 is 6.81. The van der Waals surface area contributed by atoms with Crippen LogP contribution in [0.5, 0.6) is 0 Å². The number of thiophene rings is 1. The first-order valence-corrected chi connectivity index (χ1v) is 6.57. The van der Waals surface area contributed by atoms with E-state index in [1.165, 1.54) is 23.6 Å². The Hall–Kier alpha value is -2.12. The fraction of sp³-hybridized carbons (Fsp3) is 0. The summed E-state index contributed by atoms with van der Waals surface area (Å²) in [5.74, 6) is -1.84. The first-order chi connectivity index (χ1) is 9.49. The zero-order valence-corrected chi connectivity index (χ0v) is 11.4. The van der Waals surface area contributed by atoms with Gasteiger partial charge in [0.05, 0.1) is 16.3 Å². The Morgan fingerprint density at radius 2 is 2.00 bits per heavy atom. The molecule has 0 saturated heterocycles. The molecule has 104 valence electrons. The third-order valence-corrected chi connectivity index (χ3v) is 3.47. The maximum atomic E-state index is 13.5. The van der Waals surface area contributed by atoms with Crippen LogP contribution < -0.4 is 10.6 Å². The molecule has 0 aliphatic rings. The van der Waals surface area contributed by atoms with Crippen LogP contribution in [0.3, 0.4) is 0 Å². The van der Waals surface area contributed by atoms with E-state index in [2.05, 4.69) is 10.6 Å². The van der Waals surface area contributed by atoms with Gasteiger partial charge in [-0.25, -0.2) is 14.0 Å². The van der Waals surface area contributed by atoms with Crippen molar-refractivity contribution in [2.45, 2.75) is 0 Å². The summed E-state index contributed by atoms with van der Waals surface area (Å²) in [7, 11) is 0. The number of halogens is 2. The third-order valence-electron chi connectivity index (χ3n) is 2.32. The van der Waals surface area contributed by atoms with Crippen molar-refractivity contribution in [2.75, 3.05) is 10.6 Å². The first-order valence-electron chi connectivity index (χ1n) is 5.32. The van der Waals surface area contributed by atoms with E-state index in [0.29, 0.717) is 0 Å². The molecule has 1 heterocycles. The van der Waals surface area contributed by atoms with Crippen LogP contribution in [-0.4, -0.2) is 17.1 Å². The zero-order valence-electron chi connectivity index (χ0n) is 9.81. The van der Waals surface area contributed by atoms with Crippen LogP contribution in [0.4, 0.5) is 19.9 Å². The Bertz CT molecular complexity index is 654. The van der Waals surface area contributed by atoms with Crippen molar-refractivity contribution in [1.29, 1.82) is 0 Å². The van der Waals surface area contributed by atoms with Crippen molar-refractivity contribution >= 4 is 45.6 Å². The minimum atomic E-state index is -1.16. The minimum absolute atomic E-state index is 0.0372. The molecule has 2 rings (SSSR count). The van der Waals surface area contributed by atoms with Crippen LogP contribution in [0.2, 0.25) is 5.02 Å². The van der Waals surface area contributed by atoms with E-state index in [1.807, 2.05) is 0 Å². The van der Waals surface area contributed by atoms with Gasteiger partial charge in [0.1, 0.15) is 10.8 Å². The van der Waals surface area contributed by atoms with E-state index in [1.54, 1.807) is 0 Å². The highest BCUT2D eigenvalue weighted by Gasteiger charge is 2.15. The van der Waals surface area contributed by atoms with Gasteiger partial charge in [0.2, 0.25) is 0 Å². The molecule has 0 spiro atoms. The van der Waals surface area contributed by atoms with Crippen LogP contribution >= 0.6 is 22.9 Å². The number of amides is 2. The largest absolute Gasteiger partial charge is 0.478 e. The molecule has 0 saturated carbocycles. The van der Waals surface area contributed by atoms with Crippen molar-refractivity contribution in [1.82, 2.24) is 0 Å². The summed E-state index contributed by atoms with van der Waals surface area (Å²) in [6, 6.07) is 4.56. The minimum Gasteiger partial charge on any atom is -0.478 e. The molecule has 0 atom stereocenters. The normalized spacial score (nSPS) is 10.1. The lowest BCUT2D eigenvalue weighted by Crippen LogP contribution is -2.20. The Balaban J connectivity index is 2.14. The Morgan fingerprint density at radius 3 is 2.65 bits per heavy atom. The van der Waals surface area contributed by atoms with Gasteiger partial charge >= 0.3 is 12.0 Å². The maximum absolute atomic E-state index is 13.5. The van der Waals surface area contributed by atoms with Crippen LogP contribution in [0.25, 0.3) is 0 Å². The van der Waals surface area contributed by atoms with Gasteiger partial charge in [-0.2, -0.15) is 0 Å². The fourth-order valence-corrected chi connectivity index (χ4v) is 2.42. The lowest BCUT2D eigenvalue weighted by Gasteiger charge is -2.09. The molecule has 1 aromatic carbocycles. The Kier molecular flexibility index (Phi) is 4.21. The standard InChI is InChI=1S/C12H8ClFN2O3S/c13-7-2-1-3-8(14)9(7)15-12(19)16-10-6(11(17)18)4-5-20-10/h1-5H,(H,17,18)(H2,15,16,19). The average molecular weight is 315 g/mol. The molecule has 0 aliphatic carbocycles. The van der Waals surface area contributed by atoms with Crippen LogP contribution in [0.1, 0.15) is 10.4 Å². The lowest BCUT2D eigenvalue weighted by molar-refractivity contribution is 0.0698. The highest BCUT2D eigenvalue weighted by atomic mass is 35.5. The van der Waals surface area contributed by atoms with Crippen LogP contribution in [-0.2, 0) is 0 Å². The number of benzene rings is 1. The average Bonchev–Trinajstić information content (AvgIpc) is 2.82. The Morgan fingerprint density at radius 1 is 1.25 bits per heavy atom. The van der Waals surface area contributed by atoms with Crippen molar-refractivity contribution < 1.29 is 19.1 Å². The summed E-state index contributed by atoms with van der Waals surface area (Å²) in [6.45, 7) is 0. The second kappa shape index (κ2) is 5.89. The number of para-hydroxylation sites is 1. The number of aromatic carboxylic acids is 1. The van der Waals surface area contributed by atoms with Gasteiger partial charge in [-0.3, -0.25) is 5.32 Å². The lowest BCUT2D eigenvalue weighted by atomic mass is 10.3. The van der Waals surface area contributed by atoms with Gasteiger partial charge in [0.25, 0.3) is 0 Å². The fourth-order valence-electron chi connectivity index (χ4n) is 1.44. The number of carboxylic acids is 1. The molecule has 8 heteroatoms. The summed E-state index contributed by atoms with van der Waals surface area (Å²) in [5.41, 5.74) is -0.204. The molecular formula is C12H8ClFN2O3S. The number of carbonyl (C=O) groups excluding carboxylic acids is 1. The van der Waals surface area contributed by atoms with E-state index >= 15 is 0 Å². The molecule has 0 unspecified atom stereocenters. The second-order valence-corrected chi connectivity index (χ2v) is 4.97. The van der Waals surface area contributed by atoms with E-state index in [4.69, 9.17) is 16.7 Å². The molecule has 0 bridgehead atoms. The number of carbonyl (C=O) groups is 2. The predicted molar refractivity (Wildman–Crippen MR) is 75.3 cm³/mol.